The van der Waals surface area contributed by atoms with Crippen LogP contribution in [0.15, 0.2) is 59.6 Å². The number of benzene rings is 2. The second-order valence-electron chi connectivity index (χ2n) is 7.66. The van der Waals surface area contributed by atoms with Crippen LogP contribution in [0.5, 0.6) is 0 Å². The number of hydrogen-bond donors (Lipinski definition) is 1. The molecule has 5 heteroatoms. The molecule has 0 amide bonds. The van der Waals surface area contributed by atoms with Crippen LogP contribution >= 0.6 is 0 Å². The fraction of sp³-hybridized carbons (Fsp3) is 0.435. The lowest BCUT2D eigenvalue weighted by atomic mass is 10.1. The largest absolute Gasteiger partial charge is 0.352 e. The molecule has 2 aromatic carbocycles. The Morgan fingerprint density at radius 2 is 1.57 bits per heavy atom. The van der Waals surface area contributed by atoms with Gasteiger partial charge >= 0.3 is 0 Å². The summed E-state index contributed by atoms with van der Waals surface area (Å²) in [6.07, 6.45) is 0. The minimum absolute atomic E-state index is 0.806. The van der Waals surface area contributed by atoms with Gasteiger partial charge in [-0.25, -0.2) is 0 Å². The zero-order valence-electron chi connectivity index (χ0n) is 17.4. The quantitative estimate of drug-likeness (QED) is 0.618. The Kier molecular flexibility index (Phi) is 7.46. The summed E-state index contributed by atoms with van der Waals surface area (Å²) in [5.74, 6) is 0.999. The molecule has 0 saturated carbocycles. The Morgan fingerprint density at radius 1 is 0.929 bits per heavy atom. The standard InChI is InChI=1S/C23H33N5/c1-24-23(25-17-21-11-7-8-12-22(21)19-26(2)3)28-15-13-27(14-16-28)18-20-9-5-4-6-10-20/h4-12H,13-19H2,1-3H3,(H,24,25). The lowest BCUT2D eigenvalue weighted by Crippen LogP contribution is -2.52. The van der Waals surface area contributed by atoms with Gasteiger partial charge in [-0.1, -0.05) is 54.6 Å². The molecular formula is C23H33N5. The van der Waals surface area contributed by atoms with E-state index in [1.807, 2.05) is 7.05 Å². The maximum atomic E-state index is 4.53. The Hall–Kier alpha value is -2.37. The molecule has 5 nitrogen and oxygen atoms in total. The van der Waals surface area contributed by atoms with E-state index in [-0.39, 0.29) is 0 Å². The van der Waals surface area contributed by atoms with E-state index in [2.05, 4.69) is 93.7 Å². The number of nitrogens with zero attached hydrogens (tertiary/aromatic N) is 4. The summed E-state index contributed by atoms with van der Waals surface area (Å²) in [4.78, 5) is 11.6. The minimum atomic E-state index is 0.806. The summed E-state index contributed by atoms with van der Waals surface area (Å²) < 4.78 is 0. The molecule has 0 atom stereocenters. The van der Waals surface area contributed by atoms with Crippen molar-refractivity contribution in [3.05, 3.63) is 71.3 Å². The molecule has 150 valence electrons. The Labute approximate surface area is 169 Å². The Morgan fingerprint density at radius 3 is 2.21 bits per heavy atom. The third kappa shape index (κ3) is 5.81. The van der Waals surface area contributed by atoms with Crippen molar-refractivity contribution in [1.29, 1.82) is 0 Å². The van der Waals surface area contributed by atoms with Crippen molar-refractivity contribution in [1.82, 2.24) is 20.0 Å². The first-order chi connectivity index (χ1) is 13.7. The number of hydrogen-bond acceptors (Lipinski definition) is 3. The van der Waals surface area contributed by atoms with Crippen molar-refractivity contribution in [3.63, 3.8) is 0 Å². The lowest BCUT2D eigenvalue weighted by molar-refractivity contribution is 0.172. The highest BCUT2D eigenvalue weighted by molar-refractivity contribution is 5.80. The SMILES string of the molecule is CN=C(NCc1ccccc1CN(C)C)N1CCN(Cc2ccccc2)CC1. The van der Waals surface area contributed by atoms with Crippen molar-refractivity contribution in [2.24, 2.45) is 4.99 Å². The fourth-order valence-electron chi connectivity index (χ4n) is 3.69. The first kappa shape index (κ1) is 20.4. The van der Waals surface area contributed by atoms with Crippen LogP contribution < -0.4 is 5.32 Å². The molecule has 1 aliphatic heterocycles. The summed E-state index contributed by atoms with van der Waals surface area (Å²) in [5.41, 5.74) is 4.08. The van der Waals surface area contributed by atoms with Gasteiger partial charge in [-0.3, -0.25) is 9.89 Å². The first-order valence-corrected chi connectivity index (χ1v) is 10.1. The predicted molar refractivity (Wildman–Crippen MR) is 117 cm³/mol. The van der Waals surface area contributed by atoms with Crippen LogP contribution in [0.3, 0.4) is 0 Å². The van der Waals surface area contributed by atoms with Gasteiger partial charge in [-0.2, -0.15) is 0 Å². The van der Waals surface area contributed by atoms with Gasteiger partial charge in [0.2, 0.25) is 0 Å². The van der Waals surface area contributed by atoms with Gasteiger partial charge in [0, 0.05) is 52.9 Å². The first-order valence-electron chi connectivity index (χ1n) is 10.1. The van der Waals surface area contributed by atoms with Crippen LogP contribution in [0.25, 0.3) is 0 Å². The molecule has 0 unspecified atom stereocenters. The highest BCUT2D eigenvalue weighted by Gasteiger charge is 2.19. The molecule has 1 N–H and O–H groups in total. The number of piperazine rings is 1. The summed E-state index contributed by atoms with van der Waals surface area (Å²) >= 11 is 0. The maximum Gasteiger partial charge on any atom is 0.194 e. The number of rotatable bonds is 6. The monoisotopic (exact) mass is 379 g/mol. The zero-order valence-corrected chi connectivity index (χ0v) is 17.4. The van der Waals surface area contributed by atoms with Crippen LogP contribution in [0.1, 0.15) is 16.7 Å². The van der Waals surface area contributed by atoms with Gasteiger partial charge in [-0.05, 0) is 30.8 Å². The van der Waals surface area contributed by atoms with Crippen molar-refractivity contribution >= 4 is 5.96 Å². The summed E-state index contributed by atoms with van der Waals surface area (Å²) in [6, 6.07) is 19.4. The molecule has 1 heterocycles. The molecule has 3 rings (SSSR count). The normalized spacial score (nSPS) is 15.9. The smallest absolute Gasteiger partial charge is 0.194 e. The minimum Gasteiger partial charge on any atom is -0.352 e. The van der Waals surface area contributed by atoms with Crippen LogP contribution in [-0.2, 0) is 19.6 Å². The van der Waals surface area contributed by atoms with Crippen molar-refractivity contribution in [2.75, 3.05) is 47.3 Å². The van der Waals surface area contributed by atoms with Gasteiger partial charge in [0.25, 0.3) is 0 Å². The van der Waals surface area contributed by atoms with Crippen LogP contribution in [0.4, 0.5) is 0 Å². The molecule has 0 aromatic heterocycles. The lowest BCUT2D eigenvalue weighted by Gasteiger charge is -2.36. The molecule has 2 aromatic rings. The van der Waals surface area contributed by atoms with Crippen molar-refractivity contribution < 1.29 is 0 Å². The molecule has 1 fully saturated rings. The summed E-state index contributed by atoms with van der Waals surface area (Å²) in [5, 5.41) is 3.57. The van der Waals surface area contributed by atoms with Crippen molar-refractivity contribution in [2.45, 2.75) is 19.6 Å². The molecule has 0 aliphatic carbocycles. The van der Waals surface area contributed by atoms with E-state index < -0.39 is 0 Å². The van der Waals surface area contributed by atoms with E-state index in [4.69, 9.17) is 0 Å². The second-order valence-corrected chi connectivity index (χ2v) is 7.66. The molecule has 0 spiro atoms. The van der Waals surface area contributed by atoms with E-state index in [1.54, 1.807) is 0 Å². The van der Waals surface area contributed by atoms with E-state index >= 15 is 0 Å². The maximum absolute atomic E-state index is 4.53. The topological polar surface area (TPSA) is 34.1 Å². The molecule has 1 saturated heterocycles. The van der Waals surface area contributed by atoms with Crippen molar-refractivity contribution in [3.8, 4) is 0 Å². The highest BCUT2D eigenvalue weighted by atomic mass is 15.3. The zero-order chi connectivity index (χ0) is 19.8. The third-order valence-electron chi connectivity index (χ3n) is 5.17. The number of nitrogens with one attached hydrogen (secondary N) is 1. The van der Waals surface area contributed by atoms with E-state index in [0.29, 0.717) is 0 Å². The van der Waals surface area contributed by atoms with E-state index in [9.17, 15) is 0 Å². The van der Waals surface area contributed by atoms with Crippen LogP contribution in [0.2, 0.25) is 0 Å². The fourth-order valence-corrected chi connectivity index (χ4v) is 3.69. The van der Waals surface area contributed by atoms with Gasteiger partial charge in [-0.15, -0.1) is 0 Å². The average molecular weight is 380 g/mol. The van der Waals surface area contributed by atoms with E-state index in [1.165, 1.54) is 16.7 Å². The molecule has 1 aliphatic rings. The molecule has 0 bridgehead atoms. The number of guanidine groups is 1. The van der Waals surface area contributed by atoms with E-state index in [0.717, 1.165) is 51.8 Å². The second kappa shape index (κ2) is 10.2. The van der Waals surface area contributed by atoms with Gasteiger partial charge in [0.05, 0.1) is 0 Å². The highest BCUT2D eigenvalue weighted by Crippen LogP contribution is 2.12. The Balaban J connectivity index is 1.51. The summed E-state index contributed by atoms with van der Waals surface area (Å²) in [6.45, 7) is 6.92. The van der Waals surface area contributed by atoms with Crippen LogP contribution in [0, 0.1) is 0 Å². The van der Waals surface area contributed by atoms with Gasteiger partial charge in [0.1, 0.15) is 0 Å². The third-order valence-corrected chi connectivity index (χ3v) is 5.17. The molecule has 28 heavy (non-hydrogen) atoms. The molecule has 0 radical (unpaired) electrons. The van der Waals surface area contributed by atoms with Gasteiger partial charge in [0.15, 0.2) is 5.96 Å². The molecular weight excluding hydrogens is 346 g/mol. The van der Waals surface area contributed by atoms with Gasteiger partial charge < -0.3 is 15.1 Å². The Bertz CT molecular complexity index is 749. The van der Waals surface area contributed by atoms with Crippen LogP contribution in [-0.4, -0.2) is 68.0 Å². The summed E-state index contributed by atoms with van der Waals surface area (Å²) in [7, 11) is 6.10. The predicted octanol–water partition coefficient (Wildman–Crippen LogP) is 2.64. The number of aliphatic imine (C=N–C) groups is 1. The average Bonchev–Trinajstić information content (AvgIpc) is 2.71.